The summed E-state index contributed by atoms with van der Waals surface area (Å²) in [5.41, 5.74) is 3.52. The van der Waals surface area contributed by atoms with Crippen molar-refractivity contribution >= 4 is 43.8 Å². The fourth-order valence-electron chi connectivity index (χ4n) is 5.47. The van der Waals surface area contributed by atoms with Gasteiger partial charge in [-0.25, -0.2) is 14.4 Å². The molecule has 1 aliphatic rings. The lowest BCUT2D eigenvalue weighted by atomic mass is 10.1. The monoisotopic (exact) mass is 587 g/mol. The van der Waals surface area contributed by atoms with Crippen LogP contribution in [0.2, 0.25) is 0 Å². The third-order valence-corrected chi connectivity index (χ3v) is 8.19. The Morgan fingerprint density at radius 3 is 2.64 bits per heavy atom. The van der Waals surface area contributed by atoms with E-state index in [4.69, 9.17) is 14.5 Å². The highest BCUT2D eigenvalue weighted by molar-refractivity contribution is 9.10. The summed E-state index contributed by atoms with van der Waals surface area (Å²) in [7, 11) is 1.40. The number of para-hydroxylation sites is 1. The van der Waals surface area contributed by atoms with Crippen molar-refractivity contribution in [1.29, 1.82) is 0 Å². The number of rotatable bonds is 7. The molecule has 0 bridgehead atoms. The van der Waals surface area contributed by atoms with E-state index in [1.54, 1.807) is 6.07 Å². The molecule has 5 aromatic rings. The van der Waals surface area contributed by atoms with Crippen molar-refractivity contribution in [3.8, 4) is 5.75 Å². The van der Waals surface area contributed by atoms with E-state index in [1.807, 2.05) is 79.1 Å². The molecule has 198 valence electrons. The Kier molecular flexibility index (Phi) is 6.38. The minimum Gasteiger partial charge on any atom is -0.487 e. The smallest absolute Gasteiger partial charge is 0.309 e. The van der Waals surface area contributed by atoms with Gasteiger partial charge < -0.3 is 14.0 Å². The Morgan fingerprint density at radius 2 is 1.85 bits per heavy atom. The maximum absolute atomic E-state index is 14.9. The van der Waals surface area contributed by atoms with E-state index in [0.717, 1.165) is 33.5 Å². The first-order valence-corrected chi connectivity index (χ1v) is 13.5. The molecular formula is C31H27BrFN3O3. The fourth-order valence-corrected chi connectivity index (χ4v) is 5.81. The average molecular weight is 588 g/mol. The van der Waals surface area contributed by atoms with Crippen LogP contribution in [0.3, 0.4) is 0 Å². The molecule has 0 aliphatic heterocycles. The van der Waals surface area contributed by atoms with Gasteiger partial charge in [0.05, 0.1) is 41.8 Å². The molecule has 2 heterocycles. The van der Waals surface area contributed by atoms with Gasteiger partial charge in [-0.05, 0) is 41.8 Å². The topological polar surface area (TPSA) is 66.2 Å². The molecule has 0 saturated heterocycles. The first kappa shape index (κ1) is 25.5. The maximum atomic E-state index is 14.9. The molecule has 6 nitrogen and oxygen atoms in total. The zero-order valence-electron chi connectivity index (χ0n) is 21.8. The number of carbonyl (C=O) groups is 1. The summed E-state index contributed by atoms with van der Waals surface area (Å²) in [5, 5.41) is 1.08. The van der Waals surface area contributed by atoms with Crippen LogP contribution < -0.4 is 4.74 Å². The minimum absolute atomic E-state index is 0.151. The molecule has 2 atom stereocenters. The quantitative estimate of drug-likeness (QED) is 0.191. The number of aromatic nitrogens is 3. The predicted octanol–water partition coefficient (Wildman–Crippen LogP) is 7.03. The zero-order valence-corrected chi connectivity index (χ0v) is 23.4. The zero-order chi connectivity index (χ0) is 27.3. The number of methoxy groups -OCH3 is 1. The van der Waals surface area contributed by atoms with Crippen LogP contribution in [0.15, 0.2) is 77.3 Å². The van der Waals surface area contributed by atoms with E-state index in [1.165, 1.54) is 13.2 Å². The van der Waals surface area contributed by atoms with Crippen molar-refractivity contribution in [2.24, 2.45) is 11.3 Å². The summed E-state index contributed by atoms with van der Waals surface area (Å²) < 4.78 is 28.7. The highest BCUT2D eigenvalue weighted by Gasteiger charge is 2.65. The molecule has 0 spiro atoms. The van der Waals surface area contributed by atoms with E-state index in [-0.39, 0.29) is 35.6 Å². The van der Waals surface area contributed by atoms with Crippen LogP contribution in [0.5, 0.6) is 5.75 Å². The summed E-state index contributed by atoms with van der Waals surface area (Å²) >= 11 is 3.33. The number of pyridine rings is 1. The van der Waals surface area contributed by atoms with E-state index in [2.05, 4.69) is 20.9 Å². The molecular weight excluding hydrogens is 561 g/mol. The molecule has 2 unspecified atom stereocenters. The van der Waals surface area contributed by atoms with Gasteiger partial charge in [-0.2, -0.15) is 0 Å². The number of halogens is 2. The van der Waals surface area contributed by atoms with Crippen molar-refractivity contribution in [2.45, 2.75) is 32.9 Å². The Morgan fingerprint density at radius 1 is 1.03 bits per heavy atom. The van der Waals surface area contributed by atoms with Crippen LogP contribution in [0, 0.1) is 17.2 Å². The number of imidazole rings is 1. The van der Waals surface area contributed by atoms with Gasteiger partial charge in [0.25, 0.3) is 0 Å². The van der Waals surface area contributed by atoms with Crippen molar-refractivity contribution in [2.75, 3.05) is 7.11 Å². The van der Waals surface area contributed by atoms with Gasteiger partial charge in [-0.1, -0.05) is 60.1 Å². The van der Waals surface area contributed by atoms with Crippen LogP contribution in [-0.4, -0.2) is 27.6 Å². The van der Waals surface area contributed by atoms with Gasteiger partial charge >= 0.3 is 5.97 Å². The molecule has 1 fully saturated rings. The highest BCUT2D eigenvalue weighted by Crippen LogP contribution is 2.64. The third-order valence-electron chi connectivity index (χ3n) is 7.70. The maximum Gasteiger partial charge on any atom is 0.309 e. The first-order valence-electron chi connectivity index (χ1n) is 12.8. The Labute approximate surface area is 233 Å². The Hall–Kier alpha value is -3.78. The van der Waals surface area contributed by atoms with Crippen LogP contribution in [0.25, 0.3) is 21.9 Å². The standard InChI is InChI=1S/C31H27BrFN3O3/c1-31(2)27(28(31)30(37)38-3)29-35-25-15-22(39-17-21-11-9-18-6-4-5-7-24(18)34-21)12-13-26(25)36(29)16-19-8-10-20(32)14-23(19)33/h4-15,27-28H,16-17H2,1-3H3. The Bertz CT molecular complexity index is 1730. The second-order valence-corrected chi connectivity index (χ2v) is 11.4. The summed E-state index contributed by atoms with van der Waals surface area (Å²) in [4.78, 5) is 22.2. The van der Waals surface area contributed by atoms with Gasteiger partial charge in [-0.3, -0.25) is 4.79 Å². The molecule has 6 rings (SSSR count). The van der Waals surface area contributed by atoms with Gasteiger partial charge in [0, 0.05) is 27.4 Å². The molecule has 3 aromatic carbocycles. The van der Waals surface area contributed by atoms with Crippen LogP contribution in [-0.2, 0) is 22.7 Å². The molecule has 2 aromatic heterocycles. The molecule has 39 heavy (non-hydrogen) atoms. The van der Waals surface area contributed by atoms with E-state index < -0.39 is 0 Å². The average Bonchev–Trinajstić information content (AvgIpc) is 3.33. The number of esters is 1. The van der Waals surface area contributed by atoms with Crippen molar-refractivity contribution in [3.05, 3.63) is 100 Å². The third kappa shape index (κ3) is 4.67. The number of carbonyl (C=O) groups excluding carboxylic acids is 1. The second-order valence-electron chi connectivity index (χ2n) is 10.5. The van der Waals surface area contributed by atoms with Gasteiger partial charge in [0.15, 0.2) is 0 Å². The lowest BCUT2D eigenvalue weighted by Gasteiger charge is -2.12. The predicted molar refractivity (Wildman–Crippen MR) is 151 cm³/mol. The number of benzene rings is 3. The van der Waals surface area contributed by atoms with Crippen LogP contribution in [0.1, 0.15) is 36.8 Å². The van der Waals surface area contributed by atoms with Crippen LogP contribution >= 0.6 is 15.9 Å². The summed E-state index contributed by atoms with van der Waals surface area (Å²) in [6.45, 7) is 4.67. The second kappa shape index (κ2) is 9.75. The van der Waals surface area contributed by atoms with Crippen molar-refractivity contribution < 1.29 is 18.7 Å². The summed E-state index contributed by atoms with van der Waals surface area (Å²) in [5.74, 6) is 0.360. The lowest BCUT2D eigenvalue weighted by molar-refractivity contribution is -0.143. The lowest BCUT2D eigenvalue weighted by Crippen LogP contribution is -2.09. The largest absolute Gasteiger partial charge is 0.487 e. The van der Waals surface area contributed by atoms with Gasteiger partial charge in [0.2, 0.25) is 0 Å². The Balaban J connectivity index is 1.35. The number of ether oxygens (including phenoxy) is 2. The van der Waals surface area contributed by atoms with E-state index in [9.17, 15) is 9.18 Å². The molecule has 0 N–H and O–H groups in total. The highest BCUT2D eigenvalue weighted by atomic mass is 79.9. The molecule has 0 radical (unpaired) electrons. The first-order chi connectivity index (χ1) is 18.8. The SMILES string of the molecule is COC(=O)C1C(c2nc3cc(OCc4ccc5ccccc5n4)ccc3n2Cc2ccc(Br)cc2F)C1(C)C. The summed E-state index contributed by atoms with van der Waals surface area (Å²) in [6, 6.07) is 22.7. The number of hydrogen-bond donors (Lipinski definition) is 0. The van der Waals surface area contributed by atoms with Crippen LogP contribution in [0.4, 0.5) is 4.39 Å². The van der Waals surface area contributed by atoms with Gasteiger partial charge in [-0.15, -0.1) is 0 Å². The normalized spacial score (nSPS) is 17.9. The molecule has 0 amide bonds. The van der Waals surface area contributed by atoms with E-state index in [0.29, 0.717) is 22.4 Å². The van der Waals surface area contributed by atoms with Crippen molar-refractivity contribution in [3.63, 3.8) is 0 Å². The fraction of sp³-hybridized carbons (Fsp3) is 0.258. The molecule has 1 aliphatic carbocycles. The van der Waals surface area contributed by atoms with Crippen molar-refractivity contribution in [1.82, 2.24) is 14.5 Å². The summed E-state index contributed by atoms with van der Waals surface area (Å²) in [6.07, 6.45) is 0. The molecule has 8 heteroatoms. The number of hydrogen-bond acceptors (Lipinski definition) is 5. The number of fused-ring (bicyclic) bond motifs is 2. The number of nitrogens with zero attached hydrogens (tertiary/aromatic N) is 3. The molecule has 1 saturated carbocycles. The van der Waals surface area contributed by atoms with E-state index >= 15 is 0 Å². The minimum atomic E-state index is -0.328. The van der Waals surface area contributed by atoms with Gasteiger partial charge in [0.1, 0.15) is 24.0 Å².